The fourth-order valence-corrected chi connectivity index (χ4v) is 2.32. The molecule has 5 nitrogen and oxygen atoms in total. The molecular formula is C16H20N2O3. The van der Waals surface area contributed by atoms with E-state index in [4.69, 9.17) is 4.74 Å². The lowest BCUT2D eigenvalue weighted by molar-refractivity contribution is 0.0827. The summed E-state index contributed by atoms with van der Waals surface area (Å²) in [5, 5.41) is 0. The first-order valence-corrected chi connectivity index (χ1v) is 6.84. The second-order valence-electron chi connectivity index (χ2n) is 5.42. The SMILES string of the molecule is C=C(C)OC(=O)N1CCc2ccc(C(=O)N(C)C)cc2C1. The van der Waals surface area contributed by atoms with Gasteiger partial charge in [-0.15, -0.1) is 0 Å². The largest absolute Gasteiger partial charge is 0.416 e. The predicted octanol–water partition coefficient (Wildman–Crippen LogP) is 2.42. The van der Waals surface area contributed by atoms with Crippen LogP contribution < -0.4 is 0 Å². The molecule has 1 aliphatic rings. The van der Waals surface area contributed by atoms with E-state index < -0.39 is 6.09 Å². The van der Waals surface area contributed by atoms with Crippen LogP contribution in [0.4, 0.5) is 4.79 Å². The Morgan fingerprint density at radius 2 is 2.00 bits per heavy atom. The quantitative estimate of drug-likeness (QED) is 0.785. The van der Waals surface area contributed by atoms with Gasteiger partial charge < -0.3 is 14.5 Å². The summed E-state index contributed by atoms with van der Waals surface area (Å²) < 4.78 is 5.04. The molecule has 1 aromatic carbocycles. The van der Waals surface area contributed by atoms with E-state index in [1.54, 1.807) is 25.9 Å². The zero-order valence-electron chi connectivity index (χ0n) is 12.7. The Hall–Kier alpha value is -2.30. The average molecular weight is 288 g/mol. The van der Waals surface area contributed by atoms with Gasteiger partial charge in [0.15, 0.2) is 0 Å². The molecule has 0 spiro atoms. The zero-order chi connectivity index (χ0) is 15.6. The molecule has 0 saturated carbocycles. The van der Waals surface area contributed by atoms with Crippen LogP contribution in [0.25, 0.3) is 0 Å². The zero-order valence-corrected chi connectivity index (χ0v) is 12.7. The van der Waals surface area contributed by atoms with E-state index in [9.17, 15) is 9.59 Å². The molecule has 0 N–H and O–H groups in total. The molecular weight excluding hydrogens is 268 g/mol. The number of carbonyl (C=O) groups is 2. The van der Waals surface area contributed by atoms with Crippen molar-refractivity contribution in [2.45, 2.75) is 19.9 Å². The van der Waals surface area contributed by atoms with Gasteiger partial charge in [0.25, 0.3) is 5.91 Å². The van der Waals surface area contributed by atoms with Crippen molar-refractivity contribution in [3.05, 3.63) is 47.2 Å². The number of amides is 2. The van der Waals surface area contributed by atoms with E-state index in [0.29, 0.717) is 24.4 Å². The minimum atomic E-state index is -0.391. The third-order valence-corrected chi connectivity index (χ3v) is 3.39. The van der Waals surface area contributed by atoms with Crippen molar-refractivity contribution in [3.8, 4) is 0 Å². The molecule has 112 valence electrons. The average Bonchev–Trinajstić information content (AvgIpc) is 2.44. The van der Waals surface area contributed by atoms with E-state index in [2.05, 4.69) is 6.58 Å². The van der Waals surface area contributed by atoms with Gasteiger partial charge in [0, 0.05) is 32.7 Å². The van der Waals surface area contributed by atoms with Crippen molar-refractivity contribution in [1.82, 2.24) is 9.80 Å². The van der Waals surface area contributed by atoms with Crippen molar-refractivity contribution in [1.29, 1.82) is 0 Å². The predicted molar refractivity (Wildman–Crippen MR) is 79.9 cm³/mol. The van der Waals surface area contributed by atoms with E-state index in [-0.39, 0.29) is 5.91 Å². The first kappa shape index (κ1) is 15.1. The number of hydrogen-bond acceptors (Lipinski definition) is 3. The van der Waals surface area contributed by atoms with Gasteiger partial charge >= 0.3 is 6.09 Å². The molecule has 0 radical (unpaired) electrons. The van der Waals surface area contributed by atoms with Gasteiger partial charge in [-0.3, -0.25) is 4.79 Å². The molecule has 21 heavy (non-hydrogen) atoms. The Kier molecular flexibility index (Phi) is 4.31. The van der Waals surface area contributed by atoms with E-state index >= 15 is 0 Å². The topological polar surface area (TPSA) is 49.9 Å². The molecule has 0 fully saturated rings. The van der Waals surface area contributed by atoms with Crippen LogP contribution in [-0.2, 0) is 17.7 Å². The van der Waals surface area contributed by atoms with Gasteiger partial charge in [0.1, 0.15) is 0 Å². The lowest BCUT2D eigenvalue weighted by Crippen LogP contribution is -2.36. The Labute approximate surface area is 124 Å². The van der Waals surface area contributed by atoms with Crippen LogP contribution in [0.2, 0.25) is 0 Å². The van der Waals surface area contributed by atoms with E-state index in [1.165, 1.54) is 10.5 Å². The monoisotopic (exact) mass is 288 g/mol. The second-order valence-corrected chi connectivity index (χ2v) is 5.42. The van der Waals surface area contributed by atoms with Crippen LogP contribution in [0.3, 0.4) is 0 Å². The number of ether oxygens (including phenoxy) is 1. The molecule has 5 heteroatoms. The fourth-order valence-electron chi connectivity index (χ4n) is 2.32. The third-order valence-electron chi connectivity index (χ3n) is 3.39. The summed E-state index contributed by atoms with van der Waals surface area (Å²) in [6, 6.07) is 5.66. The van der Waals surface area contributed by atoms with Crippen molar-refractivity contribution in [2.75, 3.05) is 20.6 Å². The molecule has 0 atom stereocenters. The fraction of sp³-hybridized carbons (Fsp3) is 0.375. The number of carbonyl (C=O) groups excluding carboxylic acids is 2. The number of allylic oxidation sites excluding steroid dienone is 1. The van der Waals surface area contributed by atoms with Crippen LogP contribution in [0.5, 0.6) is 0 Å². The highest BCUT2D eigenvalue weighted by atomic mass is 16.6. The highest BCUT2D eigenvalue weighted by Gasteiger charge is 2.23. The van der Waals surface area contributed by atoms with Crippen LogP contribution >= 0.6 is 0 Å². The molecule has 2 amide bonds. The molecule has 0 aromatic heterocycles. The van der Waals surface area contributed by atoms with E-state index in [1.807, 2.05) is 18.2 Å². The number of fused-ring (bicyclic) bond motifs is 1. The first-order chi connectivity index (χ1) is 9.88. The van der Waals surface area contributed by atoms with Gasteiger partial charge in [-0.05, 0) is 36.6 Å². The minimum Gasteiger partial charge on any atom is -0.416 e. The van der Waals surface area contributed by atoms with Gasteiger partial charge in [-0.2, -0.15) is 0 Å². The van der Waals surface area contributed by atoms with Crippen LogP contribution in [0, 0.1) is 0 Å². The number of rotatable bonds is 2. The standard InChI is InChI=1S/C16H20N2O3/c1-11(2)21-16(20)18-8-7-12-5-6-13(9-14(12)10-18)15(19)17(3)4/h5-6,9H,1,7-8,10H2,2-4H3. The maximum atomic E-state index is 12.0. The summed E-state index contributed by atoms with van der Waals surface area (Å²) in [7, 11) is 3.44. The van der Waals surface area contributed by atoms with Crippen LogP contribution in [-0.4, -0.2) is 42.4 Å². The Balaban J connectivity index is 2.19. The number of hydrogen-bond donors (Lipinski definition) is 0. The summed E-state index contributed by atoms with van der Waals surface area (Å²) in [5.74, 6) is 0.335. The molecule has 0 aliphatic carbocycles. The second kappa shape index (κ2) is 5.99. The number of benzene rings is 1. The molecule has 0 saturated heterocycles. The van der Waals surface area contributed by atoms with Crippen molar-refractivity contribution in [2.24, 2.45) is 0 Å². The summed E-state index contributed by atoms with van der Waals surface area (Å²) in [5.41, 5.74) is 2.80. The summed E-state index contributed by atoms with van der Waals surface area (Å²) >= 11 is 0. The van der Waals surface area contributed by atoms with Crippen molar-refractivity contribution >= 4 is 12.0 Å². The number of nitrogens with zero attached hydrogens (tertiary/aromatic N) is 2. The Morgan fingerprint density at radius 1 is 1.29 bits per heavy atom. The maximum Gasteiger partial charge on any atom is 0.415 e. The van der Waals surface area contributed by atoms with Gasteiger partial charge in [0.05, 0.1) is 5.76 Å². The van der Waals surface area contributed by atoms with Gasteiger partial charge in [-0.1, -0.05) is 12.6 Å². The third kappa shape index (κ3) is 3.42. The highest BCUT2D eigenvalue weighted by Crippen LogP contribution is 2.22. The van der Waals surface area contributed by atoms with Crippen molar-refractivity contribution in [3.63, 3.8) is 0 Å². The Morgan fingerprint density at radius 3 is 2.62 bits per heavy atom. The highest BCUT2D eigenvalue weighted by molar-refractivity contribution is 5.94. The van der Waals surface area contributed by atoms with E-state index in [0.717, 1.165) is 12.0 Å². The molecule has 2 rings (SSSR count). The van der Waals surface area contributed by atoms with Crippen LogP contribution in [0.15, 0.2) is 30.5 Å². The summed E-state index contributed by atoms with van der Waals surface area (Å²) in [6.07, 6.45) is 0.370. The van der Waals surface area contributed by atoms with Gasteiger partial charge in [-0.25, -0.2) is 4.79 Å². The summed E-state index contributed by atoms with van der Waals surface area (Å²) in [6.45, 7) is 6.28. The molecule has 1 heterocycles. The molecule has 0 bridgehead atoms. The summed E-state index contributed by atoms with van der Waals surface area (Å²) in [4.78, 5) is 27.1. The lowest BCUT2D eigenvalue weighted by Gasteiger charge is -2.28. The van der Waals surface area contributed by atoms with Crippen molar-refractivity contribution < 1.29 is 14.3 Å². The first-order valence-electron chi connectivity index (χ1n) is 6.84. The minimum absolute atomic E-state index is 0.0422. The van der Waals surface area contributed by atoms with Crippen LogP contribution in [0.1, 0.15) is 28.4 Å². The molecule has 1 aliphatic heterocycles. The maximum absolute atomic E-state index is 12.0. The smallest absolute Gasteiger partial charge is 0.415 e. The normalized spacial score (nSPS) is 13.4. The van der Waals surface area contributed by atoms with Gasteiger partial charge in [0.2, 0.25) is 0 Å². The lowest BCUT2D eigenvalue weighted by atomic mass is 9.97. The Bertz CT molecular complexity index is 593. The molecule has 1 aromatic rings. The molecule has 0 unspecified atom stereocenters.